The lowest BCUT2D eigenvalue weighted by Gasteiger charge is -2.09. The molecular formula is C24H16ClF3N6O. The van der Waals surface area contributed by atoms with E-state index >= 15 is 0 Å². The number of halogens is 4. The largest absolute Gasteiger partial charge is 0.322 e. The summed E-state index contributed by atoms with van der Waals surface area (Å²) in [6.45, 7) is 0.438. The predicted molar refractivity (Wildman–Crippen MR) is 124 cm³/mol. The van der Waals surface area contributed by atoms with E-state index in [2.05, 4.69) is 20.5 Å². The van der Waals surface area contributed by atoms with Crippen molar-refractivity contribution in [2.75, 3.05) is 5.32 Å². The Bertz CT molecular complexity index is 1530. The van der Waals surface area contributed by atoms with E-state index < -0.39 is 23.8 Å². The normalized spacial score (nSPS) is 11.3. The molecule has 0 atom stereocenters. The van der Waals surface area contributed by atoms with Gasteiger partial charge in [-0.1, -0.05) is 23.7 Å². The van der Waals surface area contributed by atoms with Crippen LogP contribution in [0.4, 0.5) is 18.9 Å². The molecule has 7 nitrogen and oxygen atoms in total. The van der Waals surface area contributed by atoms with Crippen molar-refractivity contribution in [2.45, 2.75) is 13.0 Å². The van der Waals surface area contributed by atoms with Crippen LogP contribution in [0.2, 0.25) is 5.02 Å². The zero-order valence-corrected chi connectivity index (χ0v) is 18.6. The molecule has 0 aliphatic carbocycles. The van der Waals surface area contributed by atoms with Crippen molar-refractivity contribution in [1.29, 1.82) is 0 Å². The van der Waals surface area contributed by atoms with Gasteiger partial charge in [-0.05, 0) is 48.0 Å². The topological polar surface area (TPSA) is 77.1 Å². The van der Waals surface area contributed by atoms with E-state index in [1.807, 2.05) is 6.07 Å². The molecule has 176 valence electrons. The highest BCUT2D eigenvalue weighted by molar-refractivity contribution is 6.30. The van der Waals surface area contributed by atoms with Crippen molar-refractivity contribution >= 4 is 28.8 Å². The molecule has 5 rings (SSSR count). The van der Waals surface area contributed by atoms with Crippen molar-refractivity contribution in [3.05, 3.63) is 101 Å². The first-order valence-corrected chi connectivity index (χ1v) is 10.8. The van der Waals surface area contributed by atoms with Crippen LogP contribution in [0.25, 0.3) is 16.9 Å². The molecule has 0 bridgehead atoms. The number of amides is 1. The Morgan fingerprint density at radius 2 is 1.86 bits per heavy atom. The summed E-state index contributed by atoms with van der Waals surface area (Å²) < 4.78 is 43.5. The quantitative estimate of drug-likeness (QED) is 0.331. The van der Waals surface area contributed by atoms with Crippen molar-refractivity contribution < 1.29 is 18.0 Å². The van der Waals surface area contributed by atoms with Crippen LogP contribution in [0.3, 0.4) is 0 Å². The number of nitrogens with zero attached hydrogens (tertiary/aromatic N) is 5. The van der Waals surface area contributed by atoms with Crippen molar-refractivity contribution in [3.8, 4) is 11.3 Å². The van der Waals surface area contributed by atoms with Crippen LogP contribution < -0.4 is 5.32 Å². The molecule has 0 fully saturated rings. The van der Waals surface area contributed by atoms with Crippen LogP contribution in [0.15, 0.2) is 73.2 Å². The molecule has 0 saturated carbocycles. The summed E-state index contributed by atoms with van der Waals surface area (Å²) in [6.07, 6.45) is 1.52. The Morgan fingerprint density at radius 3 is 2.57 bits per heavy atom. The van der Waals surface area contributed by atoms with Crippen LogP contribution in [0, 0.1) is 5.82 Å². The summed E-state index contributed by atoms with van der Waals surface area (Å²) >= 11 is 5.90. The first kappa shape index (κ1) is 22.6. The minimum atomic E-state index is -2.87. The predicted octanol–water partition coefficient (Wildman–Crippen LogP) is 5.62. The Labute approximate surface area is 201 Å². The number of nitrogens with one attached hydrogen (secondary N) is 1. The molecule has 3 aromatic heterocycles. The van der Waals surface area contributed by atoms with Gasteiger partial charge in [0.15, 0.2) is 5.65 Å². The summed E-state index contributed by atoms with van der Waals surface area (Å²) in [6, 6.07) is 13.5. The maximum absolute atomic E-state index is 13.8. The number of benzene rings is 2. The van der Waals surface area contributed by atoms with Crippen molar-refractivity contribution in [3.63, 3.8) is 0 Å². The number of carbonyl (C=O) groups is 1. The average Bonchev–Trinajstić information content (AvgIpc) is 3.45. The highest BCUT2D eigenvalue weighted by Crippen LogP contribution is 2.27. The molecule has 0 radical (unpaired) electrons. The number of alkyl halides is 2. The molecule has 1 N–H and O–H groups in total. The average molecular weight is 497 g/mol. The van der Waals surface area contributed by atoms with E-state index in [1.165, 1.54) is 42.7 Å². The number of fused-ring (bicyclic) bond motifs is 1. The molecule has 0 saturated heterocycles. The first-order valence-electron chi connectivity index (χ1n) is 10.4. The molecule has 35 heavy (non-hydrogen) atoms. The molecule has 11 heteroatoms. The fraction of sp³-hybridized carbons (Fsp3) is 0.0833. The number of hydrogen-bond donors (Lipinski definition) is 1. The second-order valence-corrected chi connectivity index (χ2v) is 8.11. The number of hydrogen-bond acceptors (Lipinski definition) is 4. The number of carbonyl (C=O) groups excluding carboxylic acids is 1. The van der Waals surface area contributed by atoms with Crippen LogP contribution >= 0.6 is 11.6 Å². The second kappa shape index (κ2) is 9.22. The monoisotopic (exact) mass is 496 g/mol. The van der Waals surface area contributed by atoms with Gasteiger partial charge >= 0.3 is 0 Å². The van der Waals surface area contributed by atoms with Gasteiger partial charge in [-0.25, -0.2) is 22.7 Å². The van der Waals surface area contributed by atoms with Gasteiger partial charge in [-0.3, -0.25) is 9.48 Å². The molecular weight excluding hydrogens is 481 g/mol. The van der Waals surface area contributed by atoms with Gasteiger partial charge in [0.1, 0.15) is 17.1 Å². The Kier molecular flexibility index (Phi) is 5.96. The zero-order chi connectivity index (χ0) is 24.5. The molecule has 0 spiro atoms. The SMILES string of the molecule is O=C(Nc1cccc(Cn2cc(Cl)cn2)c1)c1cnn2c(C(F)F)cc(-c3ccc(F)cc3)nc12. The Balaban J connectivity index is 1.47. The van der Waals surface area contributed by atoms with Gasteiger partial charge in [0, 0.05) is 17.4 Å². The molecule has 0 aliphatic heterocycles. The van der Waals surface area contributed by atoms with Crippen LogP contribution in [0.5, 0.6) is 0 Å². The smallest absolute Gasteiger partial charge is 0.280 e. The van der Waals surface area contributed by atoms with Gasteiger partial charge in [-0.2, -0.15) is 10.2 Å². The number of anilines is 1. The zero-order valence-electron chi connectivity index (χ0n) is 17.9. The van der Waals surface area contributed by atoms with Gasteiger partial charge in [-0.15, -0.1) is 0 Å². The third-order valence-corrected chi connectivity index (χ3v) is 5.43. The van der Waals surface area contributed by atoms with E-state index in [1.54, 1.807) is 29.1 Å². The third-order valence-electron chi connectivity index (χ3n) is 5.24. The molecule has 2 aromatic carbocycles. The van der Waals surface area contributed by atoms with Crippen molar-refractivity contribution in [1.82, 2.24) is 24.4 Å². The van der Waals surface area contributed by atoms with Gasteiger partial charge in [0.05, 0.1) is 29.7 Å². The summed E-state index contributed by atoms with van der Waals surface area (Å²) in [5.74, 6) is -1.03. The fourth-order valence-electron chi connectivity index (χ4n) is 3.63. The number of rotatable bonds is 6. The minimum absolute atomic E-state index is 0.0140. The van der Waals surface area contributed by atoms with Crippen molar-refractivity contribution in [2.24, 2.45) is 0 Å². The Hall–Kier alpha value is -4.18. The highest BCUT2D eigenvalue weighted by atomic mass is 35.5. The van der Waals surface area contributed by atoms with E-state index in [0.29, 0.717) is 22.8 Å². The number of aromatic nitrogens is 5. The molecule has 0 unspecified atom stereocenters. The van der Waals surface area contributed by atoms with Crippen LogP contribution in [0.1, 0.15) is 28.0 Å². The molecule has 3 heterocycles. The van der Waals surface area contributed by atoms with Crippen LogP contribution in [-0.4, -0.2) is 30.3 Å². The van der Waals surface area contributed by atoms with E-state index in [9.17, 15) is 18.0 Å². The third kappa shape index (κ3) is 4.73. The lowest BCUT2D eigenvalue weighted by molar-refractivity contribution is 0.102. The summed E-state index contributed by atoms with van der Waals surface area (Å²) in [4.78, 5) is 17.4. The maximum atomic E-state index is 13.8. The van der Waals surface area contributed by atoms with E-state index in [-0.39, 0.29) is 16.9 Å². The molecule has 1 amide bonds. The van der Waals surface area contributed by atoms with E-state index in [4.69, 9.17) is 11.6 Å². The summed E-state index contributed by atoms with van der Waals surface area (Å²) in [7, 11) is 0. The summed E-state index contributed by atoms with van der Waals surface area (Å²) in [5, 5.41) is 11.4. The lowest BCUT2D eigenvalue weighted by Crippen LogP contribution is -2.13. The standard InChI is InChI=1S/C24H16ClF3N6O/c25-16-10-29-33(13-16)12-14-2-1-3-18(8-14)31-24(35)19-11-30-34-21(22(27)28)9-20(32-23(19)34)15-4-6-17(26)7-5-15/h1-11,13,22H,12H2,(H,31,35). The maximum Gasteiger partial charge on any atom is 0.280 e. The summed E-state index contributed by atoms with van der Waals surface area (Å²) in [5.41, 5.74) is 1.49. The molecule has 0 aliphatic rings. The van der Waals surface area contributed by atoms with Crippen LogP contribution in [-0.2, 0) is 6.54 Å². The first-order chi connectivity index (χ1) is 16.9. The Morgan fingerprint density at radius 1 is 1.06 bits per heavy atom. The van der Waals surface area contributed by atoms with E-state index in [0.717, 1.165) is 10.1 Å². The lowest BCUT2D eigenvalue weighted by atomic mass is 10.1. The molecule has 5 aromatic rings. The van der Waals surface area contributed by atoms with Gasteiger partial charge in [0.2, 0.25) is 0 Å². The minimum Gasteiger partial charge on any atom is -0.322 e. The van der Waals surface area contributed by atoms with Gasteiger partial charge in [0.25, 0.3) is 12.3 Å². The van der Waals surface area contributed by atoms with Gasteiger partial charge < -0.3 is 5.32 Å². The fourth-order valence-corrected chi connectivity index (χ4v) is 3.78. The highest BCUT2D eigenvalue weighted by Gasteiger charge is 2.22. The second-order valence-electron chi connectivity index (χ2n) is 7.68.